The van der Waals surface area contributed by atoms with Gasteiger partial charge in [-0.05, 0) is 20.3 Å². The predicted octanol–water partition coefficient (Wildman–Crippen LogP) is 0.851. The highest BCUT2D eigenvalue weighted by Crippen LogP contribution is 2.21. The molecule has 0 bridgehead atoms. The molecule has 2 heterocycles. The number of amides is 4. The van der Waals surface area contributed by atoms with Crippen LogP contribution in [-0.2, 0) is 9.59 Å². The van der Waals surface area contributed by atoms with Gasteiger partial charge in [-0.2, -0.15) is 0 Å². The molecule has 0 N–H and O–H groups in total. The molecule has 4 amide bonds. The molecule has 136 valence electrons. The van der Waals surface area contributed by atoms with Gasteiger partial charge in [0.2, 0.25) is 11.8 Å². The fourth-order valence-corrected chi connectivity index (χ4v) is 3.49. The molecule has 2 fully saturated rings. The largest absolute Gasteiger partial charge is 0.342 e. The second kappa shape index (κ2) is 8.35. The van der Waals surface area contributed by atoms with E-state index in [1.807, 2.05) is 30.6 Å². The van der Waals surface area contributed by atoms with Crippen molar-refractivity contribution in [3.8, 4) is 0 Å². The van der Waals surface area contributed by atoms with Crippen molar-refractivity contribution >= 4 is 17.8 Å². The molecule has 0 spiro atoms. The average molecular weight is 338 g/mol. The molecule has 1 atom stereocenters. The van der Waals surface area contributed by atoms with E-state index in [2.05, 4.69) is 0 Å². The summed E-state index contributed by atoms with van der Waals surface area (Å²) in [4.78, 5) is 44.2. The summed E-state index contributed by atoms with van der Waals surface area (Å²) in [7, 11) is 0. The van der Waals surface area contributed by atoms with Gasteiger partial charge in [0.15, 0.2) is 0 Å². The zero-order valence-corrected chi connectivity index (χ0v) is 15.2. The molecule has 2 saturated heterocycles. The Labute approximate surface area is 144 Å². The molecule has 0 aromatic carbocycles. The molecule has 0 aliphatic carbocycles. The van der Waals surface area contributed by atoms with E-state index in [0.29, 0.717) is 52.2 Å². The fraction of sp³-hybridized carbons (Fsp3) is 0.824. The van der Waals surface area contributed by atoms with Crippen molar-refractivity contribution in [1.82, 2.24) is 19.6 Å². The molecular formula is C17H30N4O3. The Morgan fingerprint density at radius 1 is 1.04 bits per heavy atom. The van der Waals surface area contributed by atoms with Gasteiger partial charge in [0, 0.05) is 58.8 Å². The van der Waals surface area contributed by atoms with Crippen LogP contribution in [0.2, 0.25) is 0 Å². The number of hydrogen-bond donors (Lipinski definition) is 0. The first-order valence-electron chi connectivity index (χ1n) is 9.12. The van der Waals surface area contributed by atoms with Gasteiger partial charge in [-0.1, -0.05) is 6.92 Å². The molecular weight excluding hydrogens is 308 g/mol. The summed E-state index contributed by atoms with van der Waals surface area (Å²) in [5.41, 5.74) is 0. The van der Waals surface area contributed by atoms with Crippen molar-refractivity contribution in [3.63, 3.8) is 0 Å². The summed E-state index contributed by atoms with van der Waals surface area (Å²) in [6.45, 7) is 10.9. The summed E-state index contributed by atoms with van der Waals surface area (Å²) in [6, 6.07) is 0.0530. The van der Waals surface area contributed by atoms with Crippen LogP contribution in [0.25, 0.3) is 0 Å². The second-order valence-electron chi connectivity index (χ2n) is 6.51. The number of urea groups is 1. The molecule has 24 heavy (non-hydrogen) atoms. The molecule has 7 heteroatoms. The fourth-order valence-electron chi connectivity index (χ4n) is 3.49. The van der Waals surface area contributed by atoms with Gasteiger partial charge in [0.25, 0.3) is 0 Å². The molecule has 0 aromatic heterocycles. The maximum atomic E-state index is 12.7. The molecule has 1 unspecified atom stereocenters. The van der Waals surface area contributed by atoms with Crippen molar-refractivity contribution in [3.05, 3.63) is 0 Å². The van der Waals surface area contributed by atoms with E-state index in [4.69, 9.17) is 0 Å². The summed E-state index contributed by atoms with van der Waals surface area (Å²) >= 11 is 0. The normalized spacial score (nSPS) is 21.4. The van der Waals surface area contributed by atoms with Crippen molar-refractivity contribution in [2.45, 2.75) is 33.6 Å². The summed E-state index contributed by atoms with van der Waals surface area (Å²) in [6.07, 6.45) is 1.25. The van der Waals surface area contributed by atoms with Gasteiger partial charge < -0.3 is 19.6 Å². The Morgan fingerprint density at radius 2 is 1.62 bits per heavy atom. The van der Waals surface area contributed by atoms with Gasteiger partial charge in [0.1, 0.15) is 0 Å². The Bertz CT molecular complexity index is 470. The minimum absolute atomic E-state index is 0.0530. The second-order valence-corrected chi connectivity index (χ2v) is 6.51. The van der Waals surface area contributed by atoms with Crippen LogP contribution in [0.3, 0.4) is 0 Å². The molecule has 0 radical (unpaired) electrons. The van der Waals surface area contributed by atoms with Gasteiger partial charge in [-0.15, -0.1) is 0 Å². The lowest BCUT2D eigenvalue weighted by Gasteiger charge is -2.38. The maximum Gasteiger partial charge on any atom is 0.320 e. The lowest BCUT2D eigenvalue weighted by Crippen LogP contribution is -2.55. The van der Waals surface area contributed by atoms with Crippen LogP contribution in [0.4, 0.5) is 4.79 Å². The Morgan fingerprint density at radius 3 is 2.17 bits per heavy atom. The van der Waals surface area contributed by atoms with Crippen molar-refractivity contribution in [1.29, 1.82) is 0 Å². The van der Waals surface area contributed by atoms with E-state index in [1.165, 1.54) is 0 Å². The standard InChI is InChI=1S/C17H30N4O3/c1-4-7-21-13-14(12-15(21)22)16(23)19-8-10-20(11-9-19)17(24)18(5-2)6-3/h14H,4-13H2,1-3H3. The Hall–Kier alpha value is -1.79. The summed E-state index contributed by atoms with van der Waals surface area (Å²) < 4.78 is 0. The van der Waals surface area contributed by atoms with Crippen LogP contribution in [0, 0.1) is 5.92 Å². The molecule has 2 aliphatic rings. The van der Waals surface area contributed by atoms with E-state index in [1.54, 1.807) is 9.80 Å². The number of likely N-dealkylation sites (tertiary alicyclic amines) is 1. The summed E-state index contributed by atoms with van der Waals surface area (Å²) in [5, 5.41) is 0. The van der Waals surface area contributed by atoms with Crippen LogP contribution in [-0.4, -0.2) is 89.8 Å². The zero-order valence-electron chi connectivity index (χ0n) is 15.2. The molecule has 2 rings (SSSR count). The smallest absolute Gasteiger partial charge is 0.320 e. The first kappa shape index (κ1) is 18.5. The molecule has 2 aliphatic heterocycles. The van der Waals surface area contributed by atoms with Crippen molar-refractivity contribution in [2.24, 2.45) is 5.92 Å². The highest BCUT2D eigenvalue weighted by molar-refractivity contribution is 5.89. The number of rotatable bonds is 5. The third-order valence-corrected chi connectivity index (χ3v) is 4.95. The third-order valence-electron chi connectivity index (χ3n) is 4.95. The molecule has 0 saturated carbocycles. The number of piperazine rings is 1. The minimum Gasteiger partial charge on any atom is -0.342 e. The van der Waals surface area contributed by atoms with Crippen LogP contribution in [0.5, 0.6) is 0 Å². The Kier molecular flexibility index (Phi) is 6.45. The van der Waals surface area contributed by atoms with Crippen LogP contribution in [0.15, 0.2) is 0 Å². The predicted molar refractivity (Wildman–Crippen MR) is 91.4 cm³/mol. The van der Waals surface area contributed by atoms with Gasteiger partial charge in [-0.3, -0.25) is 9.59 Å². The highest BCUT2D eigenvalue weighted by Gasteiger charge is 2.37. The molecule has 7 nitrogen and oxygen atoms in total. The topological polar surface area (TPSA) is 64.2 Å². The van der Waals surface area contributed by atoms with Gasteiger partial charge in [0.05, 0.1) is 5.92 Å². The average Bonchev–Trinajstić information content (AvgIpc) is 2.96. The monoisotopic (exact) mass is 338 g/mol. The van der Waals surface area contributed by atoms with E-state index in [-0.39, 0.29) is 23.8 Å². The Balaban J connectivity index is 1.85. The van der Waals surface area contributed by atoms with E-state index >= 15 is 0 Å². The SMILES string of the molecule is CCCN1CC(C(=O)N2CCN(C(=O)N(CC)CC)CC2)CC1=O. The van der Waals surface area contributed by atoms with Crippen LogP contribution < -0.4 is 0 Å². The first-order valence-corrected chi connectivity index (χ1v) is 9.12. The zero-order chi connectivity index (χ0) is 17.7. The van der Waals surface area contributed by atoms with E-state index in [0.717, 1.165) is 13.0 Å². The van der Waals surface area contributed by atoms with Crippen LogP contribution >= 0.6 is 0 Å². The third kappa shape index (κ3) is 3.99. The van der Waals surface area contributed by atoms with E-state index in [9.17, 15) is 14.4 Å². The number of nitrogens with zero attached hydrogens (tertiary/aromatic N) is 4. The van der Waals surface area contributed by atoms with Crippen LogP contribution in [0.1, 0.15) is 33.6 Å². The van der Waals surface area contributed by atoms with Crippen molar-refractivity contribution < 1.29 is 14.4 Å². The van der Waals surface area contributed by atoms with Gasteiger partial charge in [-0.25, -0.2) is 4.79 Å². The van der Waals surface area contributed by atoms with Gasteiger partial charge >= 0.3 is 6.03 Å². The first-order chi connectivity index (χ1) is 11.5. The number of carbonyl (C=O) groups is 3. The number of carbonyl (C=O) groups excluding carboxylic acids is 3. The number of hydrogen-bond acceptors (Lipinski definition) is 3. The van der Waals surface area contributed by atoms with E-state index < -0.39 is 0 Å². The highest BCUT2D eigenvalue weighted by atomic mass is 16.2. The lowest BCUT2D eigenvalue weighted by molar-refractivity contribution is -0.137. The molecule has 0 aromatic rings. The quantitative estimate of drug-likeness (QED) is 0.746. The maximum absolute atomic E-state index is 12.7. The lowest BCUT2D eigenvalue weighted by atomic mass is 10.1. The summed E-state index contributed by atoms with van der Waals surface area (Å²) in [5.74, 6) is -0.0588. The minimum atomic E-state index is -0.214. The van der Waals surface area contributed by atoms with Crippen molar-refractivity contribution in [2.75, 3.05) is 52.4 Å².